The molecule has 0 aliphatic heterocycles. The first kappa shape index (κ1) is 89.6. The van der Waals surface area contributed by atoms with Gasteiger partial charge in [0.2, 0.25) is 0 Å². The van der Waals surface area contributed by atoms with Crippen LogP contribution in [0.4, 0.5) is 0 Å². The molecule has 0 heterocycles. The third-order valence-electron chi connectivity index (χ3n) is 16.0. The van der Waals surface area contributed by atoms with Crippen LogP contribution in [0.25, 0.3) is 0 Å². The van der Waals surface area contributed by atoms with Crippen molar-refractivity contribution in [3.63, 3.8) is 0 Å². The number of carboxylic acid groups (broad SMARTS) is 1. The van der Waals surface area contributed by atoms with E-state index in [1.165, 1.54) is 141 Å². The topological polar surface area (TPSA) is 108 Å². The number of likely N-dealkylation sites (N-methyl/N-ethyl adjacent to an activating group) is 1. The van der Waals surface area contributed by atoms with E-state index in [-0.39, 0.29) is 38.6 Å². The van der Waals surface area contributed by atoms with E-state index in [1.807, 2.05) is 21.1 Å². The number of aliphatic carboxylic acids is 1. The maximum atomic E-state index is 13.0. The average Bonchev–Trinajstić information content (AvgIpc) is 3.75. The molecule has 0 spiro atoms. The first-order valence-corrected chi connectivity index (χ1v) is 38.3. The van der Waals surface area contributed by atoms with Crippen molar-refractivity contribution in [3.8, 4) is 0 Å². The number of unbranched alkanes of at least 4 members (excludes halogenated alkanes) is 26. The van der Waals surface area contributed by atoms with Crippen LogP contribution in [-0.2, 0) is 33.3 Å². The van der Waals surface area contributed by atoms with Crippen molar-refractivity contribution in [2.24, 2.45) is 0 Å². The Kier molecular flexibility index (Phi) is 70.2. The molecule has 9 nitrogen and oxygen atoms in total. The number of rotatable bonds is 69. The minimum Gasteiger partial charge on any atom is -0.477 e. The zero-order valence-electron chi connectivity index (χ0n) is 61.5. The van der Waals surface area contributed by atoms with Crippen molar-refractivity contribution in [1.29, 1.82) is 0 Å². The summed E-state index contributed by atoms with van der Waals surface area (Å²) in [6.07, 6.45) is 109. The maximum absolute atomic E-state index is 13.0. The number of ether oxygens (including phenoxy) is 4. The highest BCUT2D eigenvalue weighted by molar-refractivity contribution is 5.71. The Bertz CT molecular complexity index is 2170. The smallest absolute Gasteiger partial charge is 0.361 e. The summed E-state index contributed by atoms with van der Waals surface area (Å²) < 4.78 is 23.0. The Balaban J connectivity index is 4.19. The lowest BCUT2D eigenvalue weighted by Crippen LogP contribution is -2.40. The van der Waals surface area contributed by atoms with Crippen LogP contribution in [0.2, 0.25) is 0 Å². The molecule has 0 radical (unpaired) electrons. The van der Waals surface area contributed by atoms with Gasteiger partial charge in [-0.15, -0.1) is 0 Å². The van der Waals surface area contributed by atoms with Crippen molar-refractivity contribution >= 4 is 17.9 Å². The second-order valence-electron chi connectivity index (χ2n) is 26.2. The SMILES string of the molecule is CC/C=C\C/C=C\C/C=C\C/C=C\C/C=C\C/C=C\C/C=C\C/C=C\C/C=C\C/C=C\C/C=C\CCCCCC(=O)OC(COC(=O)CCCCCCCCCCCCCCCCCCCC/C=C\C/C=C\C/C=C\CCCCCCC)COC(OCC[N+](C)(C)C)C(=O)O. The summed E-state index contributed by atoms with van der Waals surface area (Å²) in [5.41, 5.74) is 0. The molecule has 0 bridgehead atoms. The van der Waals surface area contributed by atoms with E-state index in [2.05, 4.69) is 184 Å². The van der Waals surface area contributed by atoms with Gasteiger partial charge in [-0.25, -0.2) is 4.79 Å². The van der Waals surface area contributed by atoms with Gasteiger partial charge in [0.05, 0.1) is 34.4 Å². The van der Waals surface area contributed by atoms with E-state index >= 15 is 0 Å². The van der Waals surface area contributed by atoms with E-state index in [1.54, 1.807) is 0 Å². The number of hydrogen-bond donors (Lipinski definition) is 1. The lowest BCUT2D eigenvalue weighted by molar-refractivity contribution is -0.870. The van der Waals surface area contributed by atoms with Gasteiger partial charge >= 0.3 is 17.9 Å². The lowest BCUT2D eigenvalue weighted by Gasteiger charge is -2.25. The van der Waals surface area contributed by atoms with Crippen molar-refractivity contribution < 1.29 is 42.9 Å². The van der Waals surface area contributed by atoms with Gasteiger partial charge < -0.3 is 28.5 Å². The Morgan fingerprint density at radius 2 is 0.600 bits per heavy atom. The summed E-state index contributed by atoms with van der Waals surface area (Å²) in [7, 11) is 5.96. The first-order valence-electron chi connectivity index (χ1n) is 38.3. The molecule has 95 heavy (non-hydrogen) atoms. The van der Waals surface area contributed by atoms with Crippen LogP contribution in [-0.4, -0.2) is 87.4 Å². The van der Waals surface area contributed by atoms with Gasteiger partial charge in [-0.3, -0.25) is 9.59 Å². The van der Waals surface area contributed by atoms with Crippen LogP contribution in [0, 0.1) is 0 Å². The third-order valence-corrected chi connectivity index (χ3v) is 16.0. The number of allylic oxidation sites excluding steroid dienone is 28. The van der Waals surface area contributed by atoms with Gasteiger partial charge in [0.15, 0.2) is 6.10 Å². The Morgan fingerprint density at radius 3 is 0.905 bits per heavy atom. The monoisotopic (exact) mass is 1320 g/mol. The lowest BCUT2D eigenvalue weighted by atomic mass is 10.0. The highest BCUT2D eigenvalue weighted by atomic mass is 16.7. The van der Waals surface area contributed by atoms with Gasteiger partial charge in [-0.05, 0) is 135 Å². The average molecular weight is 1320 g/mol. The summed E-state index contributed by atoms with van der Waals surface area (Å²) in [6, 6.07) is 0. The van der Waals surface area contributed by atoms with Gasteiger partial charge in [-0.2, -0.15) is 0 Å². The molecule has 0 fully saturated rings. The molecule has 2 atom stereocenters. The first-order chi connectivity index (χ1) is 46.6. The predicted molar refractivity (Wildman–Crippen MR) is 410 cm³/mol. The van der Waals surface area contributed by atoms with Crippen LogP contribution < -0.4 is 0 Å². The molecule has 0 aliphatic rings. The van der Waals surface area contributed by atoms with Crippen molar-refractivity contribution in [1.82, 2.24) is 0 Å². The minimum absolute atomic E-state index is 0.173. The molecule has 0 aromatic rings. The number of esters is 2. The molecule has 0 saturated carbocycles. The summed E-state index contributed by atoms with van der Waals surface area (Å²) in [5.74, 6) is -2.06. The molecule has 0 aliphatic carbocycles. The number of carbonyl (C=O) groups excluding carboxylic acids is 2. The van der Waals surface area contributed by atoms with Gasteiger partial charge in [0.25, 0.3) is 6.29 Å². The second-order valence-corrected chi connectivity index (χ2v) is 26.2. The molecule has 0 aromatic carbocycles. The van der Waals surface area contributed by atoms with Crippen LogP contribution in [0.1, 0.15) is 296 Å². The fourth-order valence-electron chi connectivity index (χ4n) is 10.1. The number of carbonyl (C=O) groups is 3. The minimum atomic E-state index is -1.53. The molecule has 0 rings (SSSR count). The fraction of sp³-hybridized carbons (Fsp3) is 0.640. The third kappa shape index (κ3) is 75.9. The Morgan fingerprint density at radius 1 is 0.326 bits per heavy atom. The molecular formula is C86H142NO8+. The van der Waals surface area contributed by atoms with Crippen LogP contribution >= 0.6 is 0 Å². The highest BCUT2D eigenvalue weighted by Crippen LogP contribution is 2.17. The van der Waals surface area contributed by atoms with Gasteiger partial charge in [0.1, 0.15) is 13.2 Å². The molecular weight excluding hydrogens is 1170 g/mol. The molecule has 9 heteroatoms. The summed E-state index contributed by atoms with van der Waals surface area (Å²) >= 11 is 0. The Hall–Kier alpha value is -5.35. The van der Waals surface area contributed by atoms with Crippen molar-refractivity contribution in [2.45, 2.75) is 309 Å². The number of nitrogens with zero attached hydrogens (tertiary/aromatic N) is 1. The molecule has 2 unspecified atom stereocenters. The fourth-order valence-corrected chi connectivity index (χ4v) is 10.1. The van der Waals surface area contributed by atoms with E-state index in [4.69, 9.17) is 18.9 Å². The predicted octanol–water partition coefficient (Wildman–Crippen LogP) is 24.6. The van der Waals surface area contributed by atoms with Crippen LogP contribution in [0.5, 0.6) is 0 Å². The molecule has 0 saturated heterocycles. The number of quaternary nitrogens is 1. The van der Waals surface area contributed by atoms with Gasteiger partial charge in [-0.1, -0.05) is 319 Å². The van der Waals surface area contributed by atoms with Crippen molar-refractivity contribution in [2.75, 3.05) is 47.5 Å². The standard InChI is InChI=1S/C86H141NO8/c1-6-8-10-12-14-16-18-20-22-24-26-28-30-32-34-36-38-40-41-42-43-45-47-49-51-53-55-57-59-61-63-65-67-69-71-73-75-77-84(89)95-82(81-94-86(85(90)91)92-79-78-87(3,4)5)80-93-83(88)76-74-72-70-68-66-64-62-60-58-56-54-52-50-48-46-44-39-37-35-33-31-29-27-25-23-21-19-17-15-13-11-9-7-2/h8,10,14,16,19-22,25-28,31-34,38,40,42-43,47,49,53,55,59,61,65,67,82,86H,6-7,9,11-13,15,17-18,23-24,29-30,35-37,39,41,44-46,48,50-52,54,56-58,60,62-64,66,68-81H2,1-5H3/p+1/b10-8-,16-14-,21-19-,22-20-,27-25-,28-26-,33-31-,34-32-,40-38-,43-42-,49-47-,55-53-,61-59-,67-65-. The second kappa shape index (κ2) is 74.4. The van der Waals surface area contributed by atoms with Crippen molar-refractivity contribution in [3.05, 3.63) is 170 Å². The zero-order chi connectivity index (χ0) is 69.0. The van der Waals surface area contributed by atoms with E-state index in [0.29, 0.717) is 17.4 Å². The summed E-state index contributed by atoms with van der Waals surface area (Å²) in [5, 5.41) is 9.76. The summed E-state index contributed by atoms with van der Waals surface area (Å²) in [6.45, 7) is 4.71. The van der Waals surface area contributed by atoms with Crippen LogP contribution in [0.3, 0.4) is 0 Å². The largest absolute Gasteiger partial charge is 0.477 e. The zero-order valence-corrected chi connectivity index (χ0v) is 61.5. The quantitative estimate of drug-likeness (QED) is 0.0211. The highest BCUT2D eigenvalue weighted by Gasteiger charge is 2.25. The molecule has 0 amide bonds. The Labute approximate surface area is 584 Å². The molecule has 1 N–H and O–H groups in total. The summed E-state index contributed by atoms with van der Waals surface area (Å²) in [4.78, 5) is 37.7. The van der Waals surface area contributed by atoms with E-state index in [0.717, 1.165) is 122 Å². The van der Waals surface area contributed by atoms with Gasteiger partial charge in [0, 0.05) is 12.8 Å². The number of hydrogen-bond acceptors (Lipinski definition) is 7. The molecule has 538 valence electrons. The molecule has 0 aromatic heterocycles. The maximum Gasteiger partial charge on any atom is 0.361 e. The van der Waals surface area contributed by atoms with E-state index in [9.17, 15) is 19.5 Å². The van der Waals surface area contributed by atoms with E-state index < -0.39 is 24.3 Å². The normalized spacial score (nSPS) is 13.7. The number of carboxylic acids is 1. The van der Waals surface area contributed by atoms with Crippen LogP contribution in [0.15, 0.2) is 170 Å².